The molecule has 1 unspecified atom stereocenters. The molecular weight excluding hydrogens is 198 g/mol. The first kappa shape index (κ1) is 12.3. The van der Waals surface area contributed by atoms with Crippen LogP contribution < -0.4 is 0 Å². The van der Waals surface area contributed by atoms with Crippen molar-refractivity contribution in [1.29, 1.82) is 5.26 Å². The van der Waals surface area contributed by atoms with Crippen LogP contribution in [0.4, 0.5) is 0 Å². The Hall–Kier alpha value is -1.75. The molecule has 0 aromatic heterocycles. The molecule has 0 saturated carbocycles. The molecule has 0 aliphatic carbocycles. The van der Waals surface area contributed by atoms with E-state index in [1.807, 2.05) is 26.0 Å². The normalized spacial score (nSPS) is 14.1. The average Bonchev–Trinajstić information content (AvgIpc) is 2.27. The van der Waals surface area contributed by atoms with E-state index >= 15 is 0 Å². The molecule has 2 nitrogen and oxygen atoms in total. The molecule has 0 bridgehead atoms. The molecule has 0 amide bonds. The lowest BCUT2D eigenvalue weighted by atomic mass is 9.70. The maximum atomic E-state index is 9.44. The van der Waals surface area contributed by atoms with Crippen molar-refractivity contribution in [2.24, 2.45) is 5.92 Å². The smallest absolute Gasteiger partial charge is 0.115 e. The largest absolute Gasteiger partial charge is 0.508 e. The zero-order valence-electron chi connectivity index (χ0n) is 9.77. The first-order chi connectivity index (χ1) is 7.56. The number of benzene rings is 1. The number of hydrogen-bond acceptors (Lipinski definition) is 2. The van der Waals surface area contributed by atoms with Crippen molar-refractivity contribution in [3.8, 4) is 11.8 Å². The SMILES string of the molecule is C=CCC(C#N)(c1ccc(O)cc1)C(C)C. The minimum Gasteiger partial charge on any atom is -0.508 e. The Balaban J connectivity index is 3.25. The summed E-state index contributed by atoms with van der Waals surface area (Å²) in [4.78, 5) is 0. The third-order valence-electron chi connectivity index (χ3n) is 3.03. The Labute approximate surface area is 96.8 Å². The number of allylic oxidation sites excluding steroid dienone is 1. The van der Waals surface area contributed by atoms with Gasteiger partial charge in [0.25, 0.3) is 0 Å². The molecule has 0 fully saturated rings. The molecule has 1 aromatic carbocycles. The van der Waals surface area contributed by atoms with Gasteiger partial charge in [-0.15, -0.1) is 6.58 Å². The summed E-state index contributed by atoms with van der Waals surface area (Å²) in [7, 11) is 0. The third kappa shape index (κ3) is 2.09. The van der Waals surface area contributed by atoms with Crippen LogP contribution >= 0.6 is 0 Å². The molecule has 1 N–H and O–H groups in total. The molecule has 0 aliphatic heterocycles. The van der Waals surface area contributed by atoms with E-state index in [0.717, 1.165) is 5.56 Å². The van der Waals surface area contributed by atoms with Gasteiger partial charge in [-0.2, -0.15) is 5.26 Å². The van der Waals surface area contributed by atoms with Crippen molar-refractivity contribution in [1.82, 2.24) is 0 Å². The quantitative estimate of drug-likeness (QED) is 0.782. The standard InChI is InChI=1S/C14H17NO/c1-4-9-14(10-15,11(2)3)12-5-7-13(16)8-6-12/h4-8,11,16H,1,9H2,2-3H3. The topological polar surface area (TPSA) is 44.0 Å². The van der Waals surface area contributed by atoms with Crippen LogP contribution in [0, 0.1) is 17.2 Å². The molecule has 0 saturated heterocycles. The van der Waals surface area contributed by atoms with Crippen LogP contribution in [-0.4, -0.2) is 5.11 Å². The van der Waals surface area contributed by atoms with Crippen LogP contribution in [0.2, 0.25) is 0 Å². The van der Waals surface area contributed by atoms with Gasteiger partial charge in [0.1, 0.15) is 5.75 Å². The molecule has 0 spiro atoms. The third-order valence-corrected chi connectivity index (χ3v) is 3.03. The van der Waals surface area contributed by atoms with Crippen molar-refractivity contribution >= 4 is 0 Å². The van der Waals surface area contributed by atoms with E-state index in [0.29, 0.717) is 6.42 Å². The van der Waals surface area contributed by atoms with Gasteiger partial charge in [-0.05, 0) is 30.0 Å². The lowest BCUT2D eigenvalue weighted by Gasteiger charge is -2.30. The highest BCUT2D eigenvalue weighted by Gasteiger charge is 2.34. The van der Waals surface area contributed by atoms with Crippen molar-refractivity contribution in [2.75, 3.05) is 0 Å². The number of aromatic hydroxyl groups is 1. The Kier molecular flexibility index (Phi) is 3.73. The molecule has 84 valence electrons. The van der Waals surface area contributed by atoms with Crippen LogP contribution in [0.25, 0.3) is 0 Å². The predicted molar refractivity (Wildman–Crippen MR) is 65.0 cm³/mol. The zero-order valence-corrected chi connectivity index (χ0v) is 9.77. The highest BCUT2D eigenvalue weighted by molar-refractivity contribution is 5.37. The monoisotopic (exact) mass is 215 g/mol. The van der Waals surface area contributed by atoms with E-state index < -0.39 is 5.41 Å². The minimum absolute atomic E-state index is 0.194. The molecule has 1 atom stereocenters. The number of phenolic OH excluding ortho intramolecular Hbond substituents is 1. The summed E-state index contributed by atoms with van der Waals surface area (Å²) in [5, 5.41) is 18.7. The Morgan fingerprint density at radius 2 is 2.00 bits per heavy atom. The summed E-state index contributed by atoms with van der Waals surface area (Å²) in [6, 6.07) is 9.25. The van der Waals surface area contributed by atoms with Crippen LogP contribution in [0.3, 0.4) is 0 Å². The van der Waals surface area contributed by atoms with E-state index in [1.54, 1.807) is 18.2 Å². The second-order valence-electron chi connectivity index (χ2n) is 4.28. The molecule has 0 heterocycles. The van der Waals surface area contributed by atoms with Gasteiger partial charge in [-0.25, -0.2) is 0 Å². The lowest BCUT2D eigenvalue weighted by molar-refractivity contribution is 0.398. The van der Waals surface area contributed by atoms with Gasteiger partial charge < -0.3 is 5.11 Å². The van der Waals surface area contributed by atoms with Crippen LogP contribution in [0.15, 0.2) is 36.9 Å². The molecule has 2 heteroatoms. The van der Waals surface area contributed by atoms with E-state index in [9.17, 15) is 10.4 Å². The van der Waals surface area contributed by atoms with E-state index in [-0.39, 0.29) is 11.7 Å². The summed E-state index contributed by atoms with van der Waals surface area (Å²) >= 11 is 0. The number of rotatable bonds is 4. The predicted octanol–water partition coefficient (Wildman–Crippen LogP) is 3.39. The Morgan fingerprint density at radius 1 is 1.44 bits per heavy atom. The zero-order chi connectivity index (χ0) is 12.2. The van der Waals surface area contributed by atoms with Gasteiger partial charge in [-0.3, -0.25) is 0 Å². The number of phenols is 1. The summed E-state index contributed by atoms with van der Waals surface area (Å²) in [6.45, 7) is 7.77. The van der Waals surface area contributed by atoms with Crippen molar-refractivity contribution in [3.05, 3.63) is 42.5 Å². The van der Waals surface area contributed by atoms with E-state index in [2.05, 4.69) is 12.6 Å². The minimum atomic E-state index is -0.546. The molecule has 0 radical (unpaired) electrons. The van der Waals surface area contributed by atoms with Gasteiger partial charge in [0.05, 0.1) is 11.5 Å². The molecule has 1 aromatic rings. The molecule has 16 heavy (non-hydrogen) atoms. The first-order valence-electron chi connectivity index (χ1n) is 5.38. The Morgan fingerprint density at radius 3 is 2.38 bits per heavy atom. The van der Waals surface area contributed by atoms with Crippen LogP contribution in [0.1, 0.15) is 25.8 Å². The highest BCUT2D eigenvalue weighted by atomic mass is 16.3. The average molecular weight is 215 g/mol. The number of nitrogens with zero attached hydrogens (tertiary/aromatic N) is 1. The first-order valence-corrected chi connectivity index (χ1v) is 5.38. The van der Waals surface area contributed by atoms with E-state index in [1.165, 1.54) is 0 Å². The fourth-order valence-electron chi connectivity index (χ4n) is 1.91. The summed E-state index contributed by atoms with van der Waals surface area (Å²) in [5.41, 5.74) is 0.387. The maximum absolute atomic E-state index is 9.44. The second kappa shape index (κ2) is 4.85. The number of hydrogen-bond donors (Lipinski definition) is 1. The van der Waals surface area contributed by atoms with Crippen molar-refractivity contribution in [3.63, 3.8) is 0 Å². The van der Waals surface area contributed by atoms with Crippen LogP contribution in [0.5, 0.6) is 5.75 Å². The van der Waals surface area contributed by atoms with Gasteiger partial charge in [-0.1, -0.05) is 32.1 Å². The molecular formula is C14H17NO. The molecule has 0 aliphatic rings. The second-order valence-corrected chi connectivity index (χ2v) is 4.28. The fraction of sp³-hybridized carbons (Fsp3) is 0.357. The Bertz CT molecular complexity index is 400. The van der Waals surface area contributed by atoms with Gasteiger partial charge in [0, 0.05) is 0 Å². The van der Waals surface area contributed by atoms with Gasteiger partial charge in [0.15, 0.2) is 0 Å². The summed E-state index contributed by atoms with van der Waals surface area (Å²) < 4.78 is 0. The van der Waals surface area contributed by atoms with Crippen molar-refractivity contribution in [2.45, 2.75) is 25.7 Å². The van der Waals surface area contributed by atoms with E-state index in [4.69, 9.17) is 0 Å². The maximum Gasteiger partial charge on any atom is 0.115 e. The van der Waals surface area contributed by atoms with Gasteiger partial charge in [0.2, 0.25) is 0 Å². The summed E-state index contributed by atoms with van der Waals surface area (Å²) in [5.74, 6) is 0.415. The van der Waals surface area contributed by atoms with Gasteiger partial charge >= 0.3 is 0 Å². The summed E-state index contributed by atoms with van der Waals surface area (Å²) in [6.07, 6.45) is 2.39. The fourth-order valence-corrected chi connectivity index (χ4v) is 1.91. The highest BCUT2D eigenvalue weighted by Crippen LogP contribution is 2.36. The van der Waals surface area contributed by atoms with Crippen LogP contribution in [-0.2, 0) is 5.41 Å². The van der Waals surface area contributed by atoms with Crippen molar-refractivity contribution < 1.29 is 5.11 Å². The number of nitriles is 1. The molecule has 1 rings (SSSR count). The lowest BCUT2D eigenvalue weighted by Crippen LogP contribution is -2.29.